The van der Waals surface area contributed by atoms with Crippen LogP contribution in [0.25, 0.3) is 0 Å². The summed E-state index contributed by atoms with van der Waals surface area (Å²) >= 11 is 0. The molecule has 9 nitrogen and oxygen atoms in total. The van der Waals surface area contributed by atoms with Crippen molar-refractivity contribution in [3.63, 3.8) is 0 Å². The van der Waals surface area contributed by atoms with Crippen LogP contribution in [0.4, 0.5) is 4.79 Å². The molecule has 0 saturated carbocycles. The van der Waals surface area contributed by atoms with E-state index in [0.717, 1.165) is 25.4 Å². The van der Waals surface area contributed by atoms with Gasteiger partial charge in [0.15, 0.2) is 0 Å². The third-order valence-corrected chi connectivity index (χ3v) is 3.57. The predicted octanol–water partition coefficient (Wildman–Crippen LogP) is 1.20. The second kappa shape index (κ2) is 14.4. The van der Waals surface area contributed by atoms with Crippen LogP contribution in [0.3, 0.4) is 0 Å². The second-order valence-electron chi connectivity index (χ2n) is 5.45. The van der Waals surface area contributed by atoms with Crippen molar-refractivity contribution in [2.24, 2.45) is 0 Å². The van der Waals surface area contributed by atoms with Gasteiger partial charge in [-0.3, -0.25) is 0 Å². The molecule has 9 heteroatoms. The van der Waals surface area contributed by atoms with E-state index in [-0.39, 0.29) is 6.03 Å². The van der Waals surface area contributed by atoms with E-state index >= 15 is 0 Å². The molecule has 2 amide bonds. The van der Waals surface area contributed by atoms with Crippen LogP contribution >= 0.6 is 0 Å². The Labute approximate surface area is 159 Å². The highest BCUT2D eigenvalue weighted by Gasteiger charge is 2.08. The number of carbonyl (C=O) groups excluding carboxylic acids is 1. The first-order valence-electron chi connectivity index (χ1n) is 8.67. The molecule has 3 N–H and O–H groups in total. The van der Waals surface area contributed by atoms with Crippen LogP contribution in [0, 0.1) is 0 Å². The quantitative estimate of drug-likeness (QED) is 0.548. The minimum Gasteiger partial charge on any atom is -0.492 e. The standard InChI is InChI=1S/C16H27N3O2.C2H2O4/c1-4-19(5-2)12-11-17-16(20)18(3)13-14-21-15-9-7-6-8-10-15;3-1(4)2(5)6/h6-10H,4-5,11-14H2,1-3H3,(H,17,20);(H,3,4)(H,5,6). The molecule has 0 saturated heterocycles. The van der Waals surface area contributed by atoms with Gasteiger partial charge in [0.05, 0.1) is 6.54 Å². The molecule has 0 aliphatic heterocycles. The summed E-state index contributed by atoms with van der Waals surface area (Å²) in [5.41, 5.74) is 0. The lowest BCUT2D eigenvalue weighted by Gasteiger charge is -2.21. The molecule has 1 rings (SSSR count). The fraction of sp³-hybridized carbons (Fsp3) is 0.500. The second-order valence-corrected chi connectivity index (χ2v) is 5.45. The molecule has 0 fully saturated rings. The third kappa shape index (κ3) is 12.2. The number of aliphatic carboxylic acids is 2. The van der Waals surface area contributed by atoms with Crippen molar-refractivity contribution < 1.29 is 29.3 Å². The molecular formula is C18H29N3O6. The molecule has 0 aromatic heterocycles. The molecule has 1 aromatic rings. The number of carbonyl (C=O) groups is 3. The fourth-order valence-electron chi connectivity index (χ4n) is 1.91. The van der Waals surface area contributed by atoms with Crippen molar-refractivity contribution in [1.82, 2.24) is 15.1 Å². The first-order chi connectivity index (χ1) is 12.8. The Bertz CT molecular complexity index is 551. The monoisotopic (exact) mass is 383 g/mol. The summed E-state index contributed by atoms with van der Waals surface area (Å²) in [6, 6.07) is 9.56. The summed E-state index contributed by atoms with van der Waals surface area (Å²) < 4.78 is 5.57. The third-order valence-electron chi connectivity index (χ3n) is 3.57. The number of carboxylic acids is 2. The molecular weight excluding hydrogens is 354 g/mol. The zero-order chi connectivity index (χ0) is 20.7. The van der Waals surface area contributed by atoms with Crippen LogP contribution in [0.5, 0.6) is 5.75 Å². The lowest BCUT2D eigenvalue weighted by atomic mass is 10.3. The number of nitrogens with one attached hydrogen (secondary N) is 1. The van der Waals surface area contributed by atoms with Crippen molar-refractivity contribution in [3.05, 3.63) is 30.3 Å². The maximum Gasteiger partial charge on any atom is 0.414 e. The highest BCUT2D eigenvalue weighted by Crippen LogP contribution is 2.07. The van der Waals surface area contributed by atoms with Gasteiger partial charge in [0.25, 0.3) is 0 Å². The zero-order valence-electron chi connectivity index (χ0n) is 16.1. The number of hydrogen-bond donors (Lipinski definition) is 3. The largest absolute Gasteiger partial charge is 0.492 e. The molecule has 0 bridgehead atoms. The Hall–Kier alpha value is -2.81. The maximum absolute atomic E-state index is 11.9. The number of hydrogen-bond acceptors (Lipinski definition) is 5. The van der Waals surface area contributed by atoms with Gasteiger partial charge in [0, 0.05) is 20.1 Å². The van der Waals surface area contributed by atoms with Gasteiger partial charge in [0.2, 0.25) is 0 Å². The number of urea groups is 1. The lowest BCUT2D eigenvalue weighted by Crippen LogP contribution is -2.42. The van der Waals surface area contributed by atoms with E-state index in [0.29, 0.717) is 19.7 Å². The summed E-state index contributed by atoms with van der Waals surface area (Å²) in [6.07, 6.45) is 0. The Morgan fingerprint density at radius 1 is 1.00 bits per heavy atom. The van der Waals surface area contributed by atoms with Gasteiger partial charge in [0.1, 0.15) is 12.4 Å². The molecule has 27 heavy (non-hydrogen) atoms. The van der Waals surface area contributed by atoms with Gasteiger partial charge >= 0.3 is 18.0 Å². The van der Waals surface area contributed by atoms with Crippen LogP contribution in [0.15, 0.2) is 30.3 Å². The van der Waals surface area contributed by atoms with E-state index in [4.69, 9.17) is 24.5 Å². The minimum absolute atomic E-state index is 0.0567. The van der Waals surface area contributed by atoms with Gasteiger partial charge in [-0.25, -0.2) is 14.4 Å². The highest BCUT2D eigenvalue weighted by molar-refractivity contribution is 6.27. The summed E-state index contributed by atoms with van der Waals surface area (Å²) in [4.78, 5) is 34.0. The highest BCUT2D eigenvalue weighted by atomic mass is 16.5. The Morgan fingerprint density at radius 3 is 2.04 bits per heavy atom. The van der Waals surface area contributed by atoms with Crippen LogP contribution in [0.2, 0.25) is 0 Å². The topological polar surface area (TPSA) is 119 Å². The van der Waals surface area contributed by atoms with E-state index in [2.05, 4.69) is 24.1 Å². The Morgan fingerprint density at radius 2 is 1.56 bits per heavy atom. The van der Waals surface area contributed by atoms with Crippen molar-refractivity contribution in [1.29, 1.82) is 0 Å². The van der Waals surface area contributed by atoms with Crippen LogP contribution in [-0.4, -0.2) is 84.4 Å². The Balaban J connectivity index is 0.000000972. The first kappa shape index (κ1) is 24.2. The number of ether oxygens (including phenoxy) is 1. The van der Waals surface area contributed by atoms with Crippen molar-refractivity contribution in [2.75, 3.05) is 46.4 Å². The molecule has 152 valence electrons. The van der Waals surface area contributed by atoms with Gasteiger partial charge in [-0.2, -0.15) is 0 Å². The average Bonchev–Trinajstić information content (AvgIpc) is 2.66. The van der Waals surface area contributed by atoms with Crippen LogP contribution < -0.4 is 10.1 Å². The minimum atomic E-state index is -1.82. The lowest BCUT2D eigenvalue weighted by molar-refractivity contribution is -0.159. The van der Waals surface area contributed by atoms with E-state index < -0.39 is 11.9 Å². The van der Waals surface area contributed by atoms with Gasteiger partial charge in [-0.05, 0) is 25.2 Å². The SMILES string of the molecule is CCN(CC)CCNC(=O)N(C)CCOc1ccccc1.O=C(O)C(=O)O. The van der Waals surface area contributed by atoms with Crippen molar-refractivity contribution in [2.45, 2.75) is 13.8 Å². The number of nitrogens with zero attached hydrogens (tertiary/aromatic N) is 2. The van der Waals surface area contributed by atoms with E-state index in [1.165, 1.54) is 0 Å². The number of amides is 2. The summed E-state index contributed by atoms with van der Waals surface area (Å²) in [5.74, 6) is -2.82. The molecule has 0 unspecified atom stereocenters. The maximum atomic E-state index is 11.9. The fourth-order valence-corrected chi connectivity index (χ4v) is 1.91. The molecule has 0 aliphatic carbocycles. The van der Waals surface area contributed by atoms with Crippen LogP contribution in [-0.2, 0) is 9.59 Å². The molecule has 0 radical (unpaired) electrons. The molecule has 0 spiro atoms. The van der Waals surface area contributed by atoms with E-state index in [1.54, 1.807) is 11.9 Å². The normalized spacial score (nSPS) is 9.78. The number of benzene rings is 1. The van der Waals surface area contributed by atoms with Crippen LogP contribution in [0.1, 0.15) is 13.8 Å². The van der Waals surface area contributed by atoms with Gasteiger partial charge in [-0.15, -0.1) is 0 Å². The predicted molar refractivity (Wildman–Crippen MR) is 101 cm³/mol. The number of likely N-dealkylation sites (N-methyl/N-ethyl adjacent to an activating group) is 2. The molecule has 0 heterocycles. The molecule has 0 aliphatic rings. The Kier molecular flexibility index (Phi) is 12.9. The smallest absolute Gasteiger partial charge is 0.414 e. The average molecular weight is 383 g/mol. The number of rotatable bonds is 9. The zero-order valence-corrected chi connectivity index (χ0v) is 16.1. The van der Waals surface area contributed by atoms with Gasteiger partial charge < -0.3 is 30.1 Å². The summed E-state index contributed by atoms with van der Waals surface area (Å²) in [5, 5.41) is 17.7. The molecule has 1 aromatic carbocycles. The van der Waals surface area contributed by atoms with Crippen molar-refractivity contribution >= 4 is 18.0 Å². The number of carboxylic acid groups (broad SMARTS) is 2. The number of para-hydroxylation sites is 1. The van der Waals surface area contributed by atoms with E-state index in [9.17, 15) is 4.79 Å². The van der Waals surface area contributed by atoms with Gasteiger partial charge in [-0.1, -0.05) is 32.0 Å². The summed E-state index contributed by atoms with van der Waals surface area (Å²) in [7, 11) is 1.78. The van der Waals surface area contributed by atoms with Crippen molar-refractivity contribution in [3.8, 4) is 5.75 Å². The molecule has 0 atom stereocenters. The summed E-state index contributed by atoms with van der Waals surface area (Å²) in [6.45, 7) is 8.87. The first-order valence-corrected chi connectivity index (χ1v) is 8.67. The van der Waals surface area contributed by atoms with E-state index in [1.807, 2.05) is 30.3 Å².